The molecule has 0 aliphatic carbocycles. The van der Waals surface area contributed by atoms with Crippen molar-refractivity contribution in [1.82, 2.24) is 10.2 Å². The van der Waals surface area contributed by atoms with Crippen LogP contribution in [0.2, 0.25) is 0 Å². The zero-order valence-electron chi connectivity index (χ0n) is 9.50. The van der Waals surface area contributed by atoms with Crippen LogP contribution in [0.3, 0.4) is 0 Å². The maximum absolute atomic E-state index is 11.9. The Bertz CT molecular complexity index is 206. The van der Waals surface area contributed by atoms with Gasteiger partial charge in [0.1, 0.15) is 0 Å². The quantitative estimate of drug-likeness (QED) is 0.763. The van der Waals surface area contributed by atoms with E-state index >= 15 is 0 Å². The molecule has 2 saturated heterocycles. The minimum atomic E-state index is 0.390. The number of nitrogens with zero attached hydrogens (tertiary/aromatic N) is 1. The molecule has 0 aromatic heterocycles. The maximum atomic E-state index is 11.9. The molecule has 1 amide bonds. The van der Waals surface area contributed by atoms with Gasteiger partial charge in [-0.15, -0.1) is 0 Å². The molecule has 1 N–H and O–H groups in total. The summed E-state index contributed by atoms with van der Waals surface area (Å²) in [4.78, 5) is 13.9. The van der Waals surface area contributed by atoms with Crippen molar-refractivity contribution in [2.24, 2.45) is 5.92 Å². The lowest BCUT2D eigenvalue weighted by molar-refractivity contribution is -0.132. The van der Waals surface area contributed by atoms with Gasteiger partial charge < -0.3 is 10.2 Å². The van der Waals surface area contributed by atoms with Crippen molar-refractivity contribution in [1.29, 1.82) is 0 Å². The van der Waals surface area contributed by atoms with Crippen molar-refractivity contribution in [2.45, 2.75) is 38.5 Å². The Hall–Kier alpha value is -0.570. The molecule has 2 heterocycles. The molecular formula is C12H22N2O. The average molecular weight is 210 g/mol. The lowest BCUT2D eigenvalue weighted by Crippen LogP contribution is -2.35. The van der Waals surface area contributed by atoms with Crippen molar-refractivity contribution >= 4 is 5.91 Å². The summed E-state index contributed by atoms with van der Waals surface area (Å²) >= 11 is 0. The van der Waals surface area contributed by atoms with E-state index in [4.69, 9.17) is 0 Å². The Morgan fingerprint density at radius 2 is 2.07 bits per heavy atom. The number of rotatable bonds is 3. The number of likely N-dealkylation sites (tertiary alicyclic amines) is 1. The fourth-order valence-corrected chi connectivity index (χ4v) is 2.59. The van der Waals surface area contributed by atoms with E-state index in [1.807, 2.05) is 0 Å². The van der Waals surface area contributed by atoms with Gasteiger partial charge in [0, 0.05) is 19.5 Å². The van der Waals surface area contributed by atoms with Gasteiger partial charge in [0.05, 0.1) is 0 Å². The summed E-state index contributed by atoms with van der Waals surface area (Å²) in [6, 6.07) is 0. The van der Waals surface area contributed by atoms with E-state index in [1.165, 1.54) is 25.7 Å². The maximum Gasteiger partial charge on any atom is 0.222 e. The van der Waals surface area contributed by atoms with E-state index in [9.17, 15) is 4.79 Å². The zero-order chi connectivity index (χ0) is 10.5. The monoisotopic (exact) mass is 210 g/mol. The van der Waals surface area contributed by atoms with Crippen molar-refractivity contribution in [2.75, 3.05) is 26.2 Å². The van der Waals surface area contributed by atoms with Crippen LogP contribution in [0, 0.1) is 5.92 Å². The van der Waals surface area contributed by atoms with Gasteiger partial charge in [-0.25, -0.2) is 0 Å². The third-order valence-corrected chi connectivity index (χ3v) is 3.64. The highest BCUT2D eigenvalue weighted by molar-refractivity contribution is 5.76. The van der Waals surface area contributed by atoms with Crippen LogP contribution in [0.25, 0.3) is 0 Å². The summed E-state index contributed by atoms with van der Waals surface area (Å²) < 4.78 is 0. The lowest BCUT2D eigenvalue weighted by Gasteiger charge is -2.27. The van der Waals surface area contributed by atoms with Gasteiger partial charge >= 0.3 is 0 Å². The number of piperidine rings is 1. The van der Waals surface area contributed by atoms with E-state index in [0.717, 1.165) is 44.9 Å². The number of hydrogen-bond donors (Lipinski definition) is 1. The van der Waals surface area contributed by atoms with Gasteiger partial charge in [0.2, 0.25) is 5.91 Å². The van der Waals surface area contributed by atoms with Crippen LogP contribution >= 0.6 is 0 Å². The van der Waals surface area contributed by atoms with Crippen LogP contribution in [-0.4, -0.2) is 37.0 Å². The molecule has 3 nitrogen and oxygen atoms in total. The predicted molar refractivity (Wildman–Crippen MR) is 60.6 cm³/mol. The highest BCUT2D eigenvalue weighted by Crippen LogP contribution is 2.16. The number of amides is 1. The predicted octanol–water partition coefficient (Wildman–Crippen LogP) is 1.39. The summed E-state index contributed by atoms with van der Waals surface area (Å²) in [5, 5.41) is 3.35. The number of nitrogens with one attached hydrogen (secondary N) is 1. The van der Waals surface area contributed by atoms with Gasteiger partial charge in [-0.1, -0.05) is 0 Å². The first-order chi connectivity index (χ1) is 7.36. The minimum absolute atomic E-state index is 0.390. The molecule has 0 saturated carbocycles. The Morgan fingerprint density at radius 1 is 1.27 bits per heavy atom. The molecule has 0 bridgehead atoms. The van der Waals surface area contributed by atoms with Crippen LogP contribution in [0.5, 0.6) is 0 Å². The highest BCUT2D eigenvalue weighted by atomic mass is 16.2. The first-order valence-electron chi connectivity index (χ1n) is 6.35. The van der Waals surface area contributed by atoms with Crippen LogP contribution in [-0.2, 0) is 4.79 Å². The third-order valence-electron chi connectivity index (χ3n) is 3.64. The average Bonchev–Trinajstić information content (AvgIpc) is 2.80. The molecule has 2 rings (SSSR count). The largest absolute Gasteiger partial charge is 0.343 e. The Labute approximate surface area is 92.2 Å². The van der Waals surface area contributed by atoms with Gasteiger partial charge in [0.25, 0.3) is 0 Å². The van der Waals surface area contributed by atoms with Gasteiger partial charge in [0.15, 0.2) is 0 Å². The molecule has 3 heteroatoms. The molecule has 86 valence electrons. The second kappa shape index (κ2) is 5.50. The van der Waals surface area contributed by atoms with E-state index in [-0.39, 0.29) is 0 Å². The summed E-state index contributed by atoms with van der Waals surface area (Å²) in [6.07, 6.45) is 6.83. The van der Waals surface area contributed by atoms with E-state index in [2.05, 4.69) is 10.2 Å². The highest BCUT2D eigenvalue weighted by Gasteiger charge is 2.19. The smallest absolute Gasteiger partial charge is 0.222 e. The number of carbonyl (C=O) groups excluding carboxylic acids is 1. The first kappa shape index (κ1) is 10.9. The molecule has 15 heavy (non-hydrogen) atoms. The zero-order valence-corrected chi connectivity index (χ0v) is 9.50. The van der Waals surface area contributed by atoms with Crippen LogP contribution < -0.4 is 5.32 Å². The van der Waals surface area contributed by atoms with E-state index in [0.29, 0.717) is 5.91 Å². The summed E-state index contributed by atoms with van der Waals surface area (Å²) in [7, 11) is 0. The fourth-order valence-electron chi connectivity index (χ4n) is 2.59. The SMILES string of the molecule is O=C(CCC1CCNC1)N1CCCCC1. The molecule has 0 radical (unpaired) electrons. The van der Waals surface area contributed by atoms with E-state index < -0.39 is 0 Å². The standard InChI is InChI=1S/C12H22N2O/c15-12(14-8-2-1-3-9-14)5-4-11-6-7-13-10-11/h11,13H,1-10H2. The molecule has 2 aliphatic rings. The molecule has 1 atom stereocenters. The van der Waals surface area contributed by atoms with Gasteiger partial charge in [-0.3, -0.25) is 4.79 Å². The molecule has 2 fully saturated rings. The van der Waals surface area contributed by atoms with Crippen LogP contribution in [0.4, 0.5) is 0 Å². The van der Waals surface area contributed by atoms with Gasteiger partial charge in [-0.2, -0.15) is 0 Å². The van der Waals surface area contributed by atoms with Crippen molar-refractivity contribution in [3.8, 4) is 0 Å². The fraction of sp³-hybridized carbons (Fsp3) is 0.917. The number of carbonyl (C=O) groups is 1. The van der Waals surface area contributed by atoms with E-state index in [1.54, 1.807) is 0 Å². The second-order valence-electron chi connectivity index (χ2n) is 4.84. The Kier molecular flexibility index (Phi) is 4.01. The molecule has 0 aromatic rings. The summed E-state index contributed by atoms with van der Waals surface area (Å²) in [5.74, 6) is 1.14. The normalized spacial score (nSPS) is 26.9. The Balaban J connectivity index is 1.66. The molecular weight excluding hydrogens is 188 g/mol. The third kappa shape index (κ3) is 3.20. The molecule has 0 spiro atoms. The van der Waals surface area contributed by atoms with Crippen LogP contribution in [0.1, 0.15) is 38.5 Å². The second-order valence-corrected chi connectivity index (χ2v) is 4.84. The van der Waals surface area contributed by atoms with Crippen LogP contribution in [0.15, 0.2) is 0 Å². The first-order valence-corrected chi connectivity index (χ1v) is 6.35. The summed E-state index contributed by atoms with van der Waals surface area (Å²) in [6.45, 7) is 4.26. The topological polar surface area (TPSA) is 32.3 Å². The minimum Gasteiger partial charge on any atom is -0.343 e. The molecule has 1 unspecified atom stereocenters. The molecule has 0 aromatic carbocycles. The van der Waals surface area contributed by atoms with Crippen molar-refractivity contribution in [3.63, 3.8) is 0 Å². The Morgan fingerprint density at radius 3 is 2.73 bits per heavy atom. The van der Waals surface area contributed by atoms with Crippen molar-refractivity contribution < 1.29 is 4.79 Å². The lowest BCUT2D eigenvalue weighted by atomic mass is 10.0. The molecule has 2 aliphatic heterocycles. The van der Waals surface area contributed by atoms with Gasteiger partial charge in [-0.05, 0) is 51.1 Å². The van der Waals surface area contributed by atoms with Crippen molar-refractivity contribution in [3.05, 3.63) is 0 Å². The number of hydrogen-bond acceptors (Lipinski definition) is 2. The summed E-state index contributed by atoms with van der Waals surface area (Å²) in [5.41, 5.74) is 0.